The molecular weight excluding hydrogens is 164 g/mol. The number of benzene rings is 1. The molecule has 0 aliphatic heterocycles. The Hall–Kier alpha value is -1.13. The van der Waals surface area contributed by atoms with Crippen LogP contribution in [0.1, 0.15) is 5.56 Å². The van der Waals surface area contributed by atoms with E-state index < -0.39 is 5.82 Å². The number of hydrogen-bond donors (Lipinski definition) is 0. The first-order chi connectivity index (χ1) is 5.27. The SMILES string of the molecule is N#Cc1ccc(F)cc1OP. The van der Waals surface area contributed by atoms with Crippen molar-refractivity contribution in [2.24, 2.45) is 0 Å². The topological polar surface area (TPSA) is 33.0 Å². The molecular formula is C7H5FNOP. The lowest BCUT2D eigenvalue weighted by atomic mass is 10.2. The molecule has 1 rings (SSSR count). The van der Waals surface area contributed by atoms with Gasteiger partial charge in [0.15, 0.2) is 0 Å². The van der Waals surface area contributed by atoms with Gasteiger partial charge in [-0.25, -0.2) is 4.39 Å². The van der Waals surface area contributed by atoms with E-state index in [2.05, 4.69) is 4.52 Å². The molecule has 2 nitrogen and oxygen atoms in total. The lowest BCUT2D eigenvalue weighted by Gasteiger charge is -1.99. The normalized spacial score (nSPS) is 8.82. The second-order valence-electron chi connectivity index (χ2n) is 1.87. The van der Waals surface area contributed by atoms with Crippen molar-refractivity contribution in [3.05, 3.63) is 29.6 Å². The molecule has 0 fully saturated rings. The molecule has 0 amide bonds. The molecule has 0 spiro atoms. The van der Waals surface area contributed by atoms with Crippen molar-refractivity contribution in [3.8, 4) is 11.8 Å². The predicted molar refractivity (Wildman–Crippen MR) is 41.5 cm³/mol. The van der Waals surface area contributed by atoms with Gasteiger partial charge in [0.25, 0.3) is 0 Å². The van der Waals surface area contributed by atoms with E-state index in [9.17, 15) is 4.39 Å². The van der Waals surface area contributed by atoms with Gasteiger partial charge in [0, 0.05) is 6.07 Å². The molecule has 0 saturated carbocycles. The van der Waals surface area contributed by atoms with Gasteiger partial charge in [0.05, 0.1) is 15.0 Å². The standard InChI is InChI=1S/C7H5FNOP/c8-6-2-1-5(4-9)7(3-6)10-11/h1-3H,11H2. The minimum atomic E-state index is -0.415. The molecule has 0 N–H and O–H groups in total. The third-order valence-electron chi connectivity index (χ3n) is 1.19. The third-order valence-corrected chi connectivity index (χ3v) is 1.45. The van der Waals surface area contributed by atoms with Crippen LogP contribution in [0.2, 0.25) is 0 Å². The fraction of sp³-hybridized carbons (Fsp3) is 0. The summed E-state index contributed by atoms with van der Waals surface area (Å²) in [5.74, 6) is -0.182. The van der Waals surface area contributed by atoms with Crippen LogP contribution in [0.4, 0.5) is 4.39 Å². The molecule has 1 atom stereocenters. The molecule has 1 aromatic carbocycles. The summed E-state index contributed by atoms with van der Waals surface area (Å²) >= 11 is 0. The number of halogens is 1. The van der Waals surface area contributed by atoms with Crippen LogP contribution in [0.15, 0.2) is 18.2 Å². The Kier molecular flexibility index (Phi) is 2.40. The number of nitriles is 1. The summed E-state index contributed by atoms with van der Waals surface area (Å²) in [6, 6.07) is 5.61. The van der Waals surface area contributed by atoms with Crippen LogP contribution in [0.25, 0.3) is 0 Å². The minimum absolute atomic E-state index is 0.234. The van der Waals surface area contributed by atoms with Crippen LogP contribution in [-0.2, 0) is 0 Å². The predicted octanol–water partition coefficient (Wildman–Crippen LogP) is 1.87. The van der Waals surface area contributed by atoms with Gasteiger partial charge in [-0.05, 0) is 12.1 Å². The summed E-state index contributed by atoms with van der Waals surface area (Å²) in [6.45, 7) is 0. The van der Waals surface area contributed by atoms with Crippen molar-refractivity contribution in [1.29, 1.82) is 5.26 Å². The van der Waals surface area contributed by atoms with Gasteiger partial charge in [0.1, 0.15) is 17.6 Å². The Bertz CT molecular complexity index is 308. The number of nitrogens with zero attached hydrogens (tertiary/aromatic N) is 1. The molecule has 11 heavy (non-hydrogen) atoms. The maximum atomic E-state index is 12.5. The molecule has 0 aromatic heterocycles. The monoisotopic (exact) mass is 169 g/mol. The van der Waals surface area contributed by atoms with E-state index in [1.165, 1.54) is 12.1 Å². The van der Waals surface area contributed by atoms with E-state index in [4.69, 9.17) is 5.26 Å². The first-order valence-electron chi connectivity index (χ1n) is 2.84. The second-order valence-corrected chi connectivity index (χ2v) is 2.11. The van der Waals surface area contributed by atoms with Gasteiger partial charge in [0.2, 0.25) is 0 Å². The van der Waals surface area contributed by atoms with Gasteiger partial charge >= 0.3 is 0 Å². The van der Waals surface area contributed by atoms with E-state index in [1.807, 2.05) is 15.5 Å². The lowest BCUT2D eigenvalue weighted by Crippen LogP contribution is -1.83. The van der Waals surface area contributed by atoms with Crippen molar-refractivity contribution < 1.29 is 8.91 Å². The largest absolute Gasteiger partial charge is 0.479 e. The quantitative estimate of drug-likeness (QED) is 0.601. The molecule has 0 bridgehead atoms. The van der Waals surface area contributed by atoms with Crippen LogP contribution in [-0.4, -0.2) is 0 Å². The van der Waals surface area contributed by atoms with Gasteiger partial charge in [-0.15, -0.1) is 0 Å². The molecule has 56 valence electrons. The van der Waals surface area contributed by atoms with Crippen molar-refractivity contribution in [2.75, 3.05) is 0 Å². The summed E-state index contributed by atoms with van der Waals surface area (Å²) < 4.78 is 17.1. The fourth-order valence-electron chi connectivity index (χ4n) is 0.686. The summed E-state index contributed by atoms with van der Waals surface area (Å²) in [5, 5.41) is 8.48. The maximum Gasteiger partial charge on any atom is 0.143 e. The molecule has 1 unspecified atom stereocenters. The Labute approximate surface area is 65.9 Å². The zero-order valence-corrected chi connectivity index (χ0v) is 6.70. The van der Waals surface area contributed by atoms with Gasteiger partial charge in [-0.3, -0.25) is 0 Å². The Morgan fingerprint density at radius 2 is 2.27 bits per heavy atom. The molecule has 0 heterocycles. The molecule has 1 aromatic rings. The average Bonchev–Trinajstić information content (AvgIpc) is 2.04. The summed E-state index contributed by atoms with van der Waals surface area (Å²) in [7, 11) is 1.96. The van der Waals surface area contributed by atoms with Gasteiger partial charge in [-0.1, -0.05) is 0 Å². The first-order valence-corrected chi connectivity index (χ1v) is 3.31. The Morgan fingerprint density at radius 3 is 2.82 bits per heavy atom. The zero-order chi connectivity index (χ0) is 8.27. The highest BCUT2D eigenvalue weighted by molar-refractivity contribution is 7.10. The summed E-state index contributed by atoms with van der Waals surface area (Å²) in [4.78, 5) is 0. The van der Waals surface area contributed by atoms with Crippen LogP contribution >= 0.6 is 9.47 Å². The van der Waals surface area contributed by atoms with Crippen LogP contribution in [0.5, 0.6) is 5.75 Å². The smallest absolute Gasteiger partial charge is 0.143 e. The summed E-state index contributed by atoms with van der Waals surface area (Å²) in [6.07, 6.45) is 0. The Morgan fingerprint density at radius 1 is 1.55 bits per heavy atom. The van der Waals surface area contributed by atoms with E-state index in [0.717, 1.165) is 6.07 Å². The van der Waals surface area contributed by atoms with Crippen molar-refractivity contribution in [3.63, 3.8) is 0 Å². The van der Waals surface area contributed by atoms with Crippen LogP contribution in [0.3, 0.4) is 0 Å². The summed E-state index contributed by atoms with van der Waals surface area (Å²) in [5.41, 5.74) is 0.321. The van der Waals surface area contributed by atoms with E-state index in [-0.39, 0.29) is 5.75 Å². The van der Waals surface area contributed by atoms with E-state index in [1.54, 1.807) is 0 Å². The minimum Gasteiger partial charge on any atom is -0.479 e. The number of rotatable bonds is 1. The molecule has 0 aliphatic rings. The molecule has 0 aliphatic carbocycles. The molecule has 0 radical (unpaired) electrons. The van der Waals surface area contributed by atoms with Crippen molar-refractivity contribution in [1.82, 2.24) is 0 Å². The lowest BCUT2D eigenvalue weighted by molar-refractivity contribution is 0.598. The highest BCUT2D eigenvalue weighted by atomic mass is 31.0. The molecule has 0 saturated heterocycles. The van der Waals surface area contributed by atoms with E-state index >= 15 is 0 Å². The fourth-order valence-corrected chi connectivity index (χ4v) is 0.881. The second kappa shape index (κ2) is 3.32. The van der Waals surface area contributed by atoms with E-state index in [0.29, 0.717) is 5.56 Å². The number of hydrogen-bond acceptors (Lipinski definition) is 2. The highest BCUT2D eigenvalue weighted by Gasteiger charge is 2.01. The highest BCUT2D eigenvalue weighted by Crippen LogP contribution is 2.20. The van der Waals surface area contributed by atoms with Crippen LogP contribution < -0.4 is 4.52 Å². The molecule has 4 heteroatoms. The van der Waals surface area contributed by atoms with Crippen molar-refractivity contribution in [2.45, 2.75) is 0 Å². The Balaban J connectivity index is 3.19. The zero-order valence-electron chi connectivity index (χ0n) is 5.54. The van der Waals surface area contributed by atoms with Crippen molar-refractivity contribution >= 4 is 9.47 Å². The third kappa shape index (κ3) is 1.66. The van der Waals surface area contributed by atoms with Gasteiger partial charge in [-0.2, -0.15) is 5.26 Å². The first kappa shape index (κ1) is 7.97. The maximum absolute atomic E-state index is 12.5. The van der Waals surface area contributed by atoms with Gasteiger partial charge < -0.3 is 4.52 Å². The average molecular weight is 169 g/mol. The van der Waals surface area contributed by atoms with Crippen LogP contribution in [0, 0.1) is 17.1 Å².